The molecule has 0 aliphatic carbocycles. The molecule has 1 fully saturated rings. The SMILES string of the molecule is CCNC(=NCc1ccc(CN(CC)CC)cc1)N1CCN(C(C)=O)CC1.I. The molecular formula is C21H36IN5O. The second kappa shape index (κ2) is 13.0. The molecule has 0 bridgehead atoms. The Hall–Kier alpha value is -1.35. The molecule has 1 aromatic carbocycles. The molecule has 0 radical (unpaired) electrons. The first-order chi connectivity index (χ1) is 13.1. The van der Waals surface area contributed by atoms with Gasteiger partial charge in [-0.25, -0.2) is 4.99 Å². The molecular weight excluding hydrogens is 465 g/mol. The lowest BCUT2D eigenvalue weighted by Gasteiger charge is -2.36. The molecule has 1 aliphatic heterocycles. The average molecular weight is 501 g/mol. The molecule has 0 saturated carbocycles. The summed E-state index contributed by atoms with van der Waals surface area (Å²) in [7, 11) is 0. The van der Waals surface area contributed by atoms with E-state index in [1.807, 2.05) is 4.90 Å². The topological polar surface area (TPSA) is 51.2 Å². The average Bonchev–Trinajstić information content (AvgIpc) is 2.70. The summed E-state index contributed by atoms with van der Waals surface area (Å²) < 4.78 is 0. The van der Waals surface area contributed by atoms with E-state index in [9.17, 15) is 4.79 Å². The number of nitrogens with one attached hydrogen (secondary N) is 1. The van der Waals surface area contributed by atoms with E-state index in [0.29, 0.717) is 6.54 Å². The van der Waals surface area contributed by atoms with E-state index in [1.54, 1.807) is 6.92 Å². The van der Waals surface area contributed by atoms with Gasteiger partial charge in [0.25, 0.3) is 0 Å². The second-order valence-corrected chi connectivity index (χ2v) is 6.94. The largest absolute Gasteiger partial charge is 0.357 e. The summed E-state index contributed by atoms with van der Waals surface area (Å²) in [6, 6.07) is 8.78. The number of amides is 1. The number of guanidine groups is 1. The quantitative estimate of drug-likeness (QED) is 0.355. The third-order valence-electron chi connectivity index (χ3n) is 5.09. The molecule has 6 nitrogen and oxygen atoms in total. The van der Waals surface area contributed by atoms with E-state index in [2.05, 4.69) is 60.2 Å². The van der Waals surface area contributed by atoms with Crippen LogP contribution in [0.3, 0.4) is 0 Å². The Balaban J connectivity index is 0.00000392. The molecule has 1 heterocycles. The minimum atomic E-state index is 0. The van der Waals surface area contributed by atoms with Crippen LogP contribution < -0.4 is 5.32 Å². The Morgan fingerprint density at radius 1 is 1.00 bits per heavy atom. The molecule has 1 N–H and O–H groups in total. The van der Waals surface area contributed by atoms with Crippen LogP contribution in [-0.2, 0) is 17.9 Å². The summed E-state index contributed by atoms with van der Waals surface area (Å²) in [6.07, 6.45) is 0. The zero-order valence-electron chi connectivity index (χ0n) is 17.8. The first-order valence-corrected chi connectivity index (χ1v) is 10.2. The Bertz CT molecular complexity index is 608. The molecule has 0 aromatic heterocycles. The van der Waals surface area contributed by atoms with Gasteiger partial charge in [-0.2, -0.15) is 0 Å². The van der Waals surface area contributed by atoms with Crippen molar-refractivity contribution in [3.05, 3.63) is 35.4 Å². The van der Waals surface area contributed by atoms with Gasteiger partial charge in [-0.15, -0.1) is 24.0 Å². The standard InChI is InChI=1S/C21H35N5O.HI/c1-5-22-21(26-14-12-25(13-15-26)18(4)27)23-16-19-8-10-20(11-9-19)17-24(6-2)7-3;/h8-11H,5-7,12-17H2,1-4H3,(H,22,23);1H. The monoisotopic (exact) mass is 501 g/mol. The maximum atomic E-state index is 11.5. The smallest absolute Gasteiger partial charge is 0.219 e. The number of benzene rings is 1. The van der Waals surface area contributed by atoms with Crippen LogP contribution in [0.5, 0.6) is 0 Å². The molecule has 1 saturated heterocycles. The van der Waals surface area contributed by atoms with Crippen LogP contribution in [0.2, 0.25) is 0 Å². The fourth-order valence-electron chi connectivity index (χ4n) is 3.28. The summed E-state index contributed by atoms with van der Waals surface area (Å²) in [5.74, 6) is 1.09. The number of hydrogen-bond acceptors (Lipinski definition) is 3. The van der Waals surface area contributed by atoms with Crippen molar-refractivity contribution in [3.63, 3.8) is 0 Å². The lowest BCUT2D eigenvalue weighted by Crippen LogP contribution is -2.53. The van der Waals surface area contributed by atoms with Crippen molar-refractivity contribution in [1.82, 2.24) is 20.0 Å². The summed E-state index contributed by atoms with van der Waals surface area (Å²) in [6.45, 7) is 16.0. The molecule has 1 amide bonds. The number of carbonyl (C=O) groups is 1. The van der Waals surface area contributed by atoms with Gasteiger partial charge in [0, 0.05) is 46.2 Å². The Kier molecular flexibility index (Phi) is 11.4. The molecule has 1 aromatic rings. The van der Waals surface area contributed by atoms with Crippen molar-refractivity contribution < 1.29 is 4.79 Å². The first kappa shape index (κ1) is 24.7. The normalized spacial score (nSPS) is 14.8. The predicted octanol–water partition coefficient (Wildman–Crippen LogP) is 2.78. The Labute approximate surface area is 187 Å². The maximum Gasteiger partial charge on any atom is 0.219 e. The highest BCUT2D eigenvalue weighted by atomic mass is 127. The van der Waals surface area contributed by atoms with Crippen molar-refractivity contribution >= 4 is 35.8 Å². The lowest BCUT2D eigenvalue weighted by molar-refractivity contribution is -0.130. The van der Waals surface area contributed by atoms with Crippen LogP contribution in [0.1, 0.15) is 38.8 Å². The van der Waals surface area contributed by atoms with Gasteiger partial charge < -0.3 is 15.1 Å². The van der Waals surface area contributed by atoms with Crippen molar-refractivity contribution in [1.29, 1.82) is 0 Å². The van der Waals surface area contributed by atoms with E-state index < -0.39 is 0 Å². The number of carbonyl (C=O) groups excluding carboxylic acids is 1. The number of hydrogen-bond donors (Lipinski definition) is 1. The van der Waals surface area contributed by atoms with Gasteiger partial charge in [0.15, 0.2) is 5.96 Å². The summed E-state index contributed by atoms with van der Waals surface area (Å²) in [4.78, 5) is 22.9. The van der Waals surface area contributed by atoms with Crippen molar-refractivity contribution in [2.75, 3.05) is 45.8 Å². The van der Waals surface area contributed by atoms with E-state index >= 15 is 0 Å². The highest BCUT2D eigenvalue weighted by Crippen LogP contribution is 2.10. The maximum absolute atomic E-state index is 11.5. The molecule has 158 valence electrons. The van der Waals surface area contributed by atoms with Crippen LogP contribution in [0.4, 0.5) is 0 Å². The van der Waals surface area contributed by atoms with Crippen LogP contribution >= 0.6 is 24.0 Å². The van der Waals surface area contributed by atoms with E-state index in [1.165, 1.54) is 11.1 Å². The number of nitrogens with zero attached hydrogens (tertiary/aromatic N) is 4. The van der Waals surface area contributed by atoms with Gasteiger partial charge in [-0.1, -0.05) is 38.1 Å². The third kappa shape index (κ3) is 7.58. The third-order valence-corrected chi connectivity index (χ3v) is 5.09. The van der Waals surface area contributed by atoms with Crippen molar-refractivity contribution in [2.24, 2.45) is 4.99 Å². The summed E-state index contributed by atoms with van der Waals surface area (Å²) in [5, 5.41) is 3.39. The van der Waals surface area contributed by atoms with Crippen LogP contribution in [0.15, 0.2) is 29.3 Å². The van der Waals surface area contributed by atoms with Crippen LogP contribution in [0.25, 0.3) is 0 Å². The van der Waals surface area contributed by atoms with Crippen molar-refractivity contribution in [3.8, 4) is 0 Å². The Morgan fingerprint density at radius 3 is 2.04 bits per heavy atom. The summed E-state index contributed by atoms with van der Waals surface area (Å²) in [5.41, 5.74) is 2.56. The van der Waals surface area contributed by atoms with Crippen LogP contribution in [0, 0.1) is 0 Å². The van der Waals surface area contributed by atoms with Crippen LogP contribution in [-0.4, -0.2) is 72.4 Å². The fraction of sp³-hybridized carbons (Fsp3) is 0.619. The zero-order valence-corrected chi connectivity index (χ0v) is 20.1. The molecule has 28 heavy (non-hydrogen) atoms. The number of rotatable bonds is 7. The van der Waals surface area contributed by atoms with Gasteiger partial charge in [0.05, 0.1) is 6.54 Å². The highest BCUT2D eigenvalue weighted by molar-refractivity contribution is 14.0. The minimum Gasteiger partial charge on any atom is -0.357 e. The predicted molar refractivity (Wildman–Crippen MR) is 127 cm³/mol. The number of halogens is 1. The van der Waals surface area contributed by atoms with Gasteiger partial charge >= 0.3 is 0 Å². The lowest BCUT2D eigenvalue weighted by atomic mass is 10.1. The number of aliphatic imine (C=N–C) groups is 1. The molecule has 0 spiro atoms. The van der Waals surface area contributed by atoms with E-state index in [4.69, 9.17) is 4.99 Å². The molecule has 7 heteroatoms. The Morgan fingerprint density at radius 2 is 1.54 bits per heavy atom. The van der Waals surface area contributed by atoms with Crippen molar-refractivity contribution in [2.45, 2.75) is 40.8 Å². The highest BCUT2D eigenvalue weighted by Gasteiger charge is 2.20. The molecule has 0 atom stereocenters. The zero-order chi connectivity index (χ0) is 19.6. The van der Waals surface area contributed by atoms with Gasteiger partial charge in [-0.3, -0.25) is 9.69 Å². The van der Waals surface area contributed by atoms with E-state index in [-0.39, 0.29) is 29.9 Å². The van der Waals surface area contributed by atoms with Gasteiger partial charge in [0.2, 0.25) is 5.91 Å². The number of piperazine rings is 1. The van der Waals surface area contributed by atoms with Gasteiger partial charge in [0.1, 0.15) is 0 Å². The molecule has 1 aliphatic rings. The fourth-order valence-corrected chi connectivity index (χ4v) is 3.28. The first-order valence-electron chi connectivity index (χ1n) is 10.2. The molecule has 0 unspecified atom stereocenters. The minimum absolute atomic E-state index is 0. The second-order valence-electron chi connectivity index (χ2n) is 6.94. The summed E-state index contributed by atoms with van der Waals surface area (Å²) >= 11 is 0. The molecule has 2 rings (SSSR count). The van der Waals surface area contributed by atoms with E-state index in [0.717, 1.165) is 58.3 Å². The van der Waals surface area contributed by atoms with Gasteiger partial charge in [-0.05, 0) is 31.1 Å².